The van der Waals surface area contributed by atoms with Crippen LogP contribution < -0.4 is 19.5 Å². The second-order valence-corrected chi connectivity index (χ2v) is 7.65. The highest BCUT2D eigenvalue weighted by molar-refractivity contribution is 7.92. The van der Waals surface area contributed by atoms with Crippen molar-refractivity contribution < 1.29 is 17.9 Å². The predicted molar refractivity (Wildman–Crippen MR) is 109 cm³/mol. The number of ether oxygens (including phenoxy) is 2. The number of sulfonamides is 1. The maximum Gasteiger partial charge on any atom is 0.263 e. The first-order chi connectivity index (χ1) is 13.4. The number of rotatable bonds is 7. The van der Waals surface area contributed by atoms with Crippen LogP contribution in [0.2, 0.25) is 0 Å². The van der Waals surface area contributed by atoms with Crippen molar-refractivity contribution in [2.75, 3.05) is 24.3 Å². The Kier molecular flexibility index (Phi) is 5.70. The van der Waals surface area contributed by atoms with E-state index >= 15 is 0 Å². The molecule has 8 heteroatoms. The summed E-state index contributed by atoms with van der Waals surface area (Å²) >= 11 is 0. The minimum Gasteiger partial charge on any atom is -0.497 e. The lowest BCUT2D eigenvalue weighted by Gasteiger charge is -2.13. The van der Waals surface area contributed by atoms with Crippen LogP contribution >= 0.6 is 0 Å². The molecule has 0 saturated heterocycles. The van der Waals surface area contributed by atoms with E-state index in [9.17, 15) is 8.42 Å². The maximum absolute atomic E-state index is 12.5. The molecule has 0 saturated carbocycles. The molecular weight excluding hydrogens is 378 g/mol. The molecule has 3 rings (SSSR count). The van der Waals surface area contributed by atoms with Crippen LogP contribution in [-0.4, -0.2) is 27.6 Å². The SMILES string of the molecule is COc1ccc(Nc2ccc(NS(=O)(=O)c3ccccc3C)nc2)c(OC)c1. The molecule has 1 heterocycles. The number of benzene rings is 2. The third-order valence-corrected chi connectivity index (χ3v) is 5.59. The monoisotopic (exact) mass is 399 g/mol. The van der Waals surface area contributed by atoms with E-state index in [1.807, 2.05) is 12.1 Å². The number of hydrogen-bond acceptors (Lipinski definition) is 6. The van der Waals surface area contributed by atoms with E-state index in [-0.39, 0.29) is 10.7 Å². The van der Waals surface area contributed by atoms with Crippen LogP contribution in [0.4, 0.5) is 17.2 Å². The van der Waals surface area contributed by atoms with Gasteiger partial charge in [-0.1, -0.05) is 18.2 Å². The largest absolute Gasteiger partial charge is 0.497 e. The first-order valence-corrected chi connectivity index (χ1v) is 9.95. The average molecular weight is 399 g/mol. The second kappa shape index (κ2) is 8.18. The number of nitrogens with zero attached hydrogens (tertiary/aromatic N) is 1. The zero-order valence-corrected chi connectivity index (χ0v) is 16.6. The molecule has 0 aliphatic carbocycles. The van der Waals surface area contributed by atoms with Crippen LogP contribution in [0, 0.1) is 6.92 Å². The van der Waals surface area contributed by atoms with Gasteiger partial charge in [0.25, 0.3) is 10.0 Å². The summed E-state index contributed by atoms with van der Waals surface area (Å²) in [6.07, 6.45) is 1.54. The fraction of sp³-hybridized carbons (Fsp3) is 0.150. The molecule has 0 unspecified atom stereocenters. The van der Waals surface area contributed by atoms with Gasteiger partial charge in [-0.15, -0.1) is 0 Å². The van der Waals surface area contributed by atoms with Gasteiger partial charge in [0.1, 0.15) is 17.3 Å². The molecule has 0 bridgehead atoms. The highest BCUT2D eigenvalue weighted by Crippen LogP contribution is 2.31. The zero-order chi connectivity index (χ0) is 20.1. The van der Waals surface area contributed by atoms with Crippen molar-refractivity contribution in [3.05, 3.63) is 66.4 Å². The number of anilines is 3. The highest BCUT2D eigenvalue weighted by Gasteiger charge is 2.17. The fourth-order valence-electron chi connectivity index (χ4n) is 2.64. The molecule has 2 N–H and O–H groups in total. The molecule has 0 spiro atoms. The summed E-state index contributed by atoms with van der Waals surface area (Å²) in [5.74, 6) is 1.53. The van der Waals surface area contributed by atoms with Crippen LogP contribution in [0.25, 0.3) is 0 Å². The van der Waals surface area contributed by atoms with E-state index in [1.54, 1.807) is 69.8 Å². The molecule has 146 valence electrons. The predicted octanol–water partition coefficient (Wildman–Crippen LogP) is 3.95. The van der Waals surface area contributed by atoms with Crippen LogP contribution in [-0.2, 0) is 10.0 Å². The van der Waals surface area contributed by atoms with Gasteiger partial charge in [0, 0.05) is 6.07 Å². The van der Waals surface area contributed by atoms with Gasteiger partial charge in [-0.25, -0.2) is 13.4 Å². The van der Waals surface area contributed by atoms with Crippen molar-refractivity contribution in [3.8, 4) is 11.5 Å². The summed E-state index contributed by atoms with van der Waals surface area (Å²) in [5, 5.41) is 3.19. The molecule has 2 aromatic carbocycles. The van der Waals surface area contributed by atoms with Crippen LogP contribution in [0.5, 0.6) is 11.5 Å². The van der Waals surface area contributed by atoms with E-state index in [0.29, 0.717) is 22.7 Å². The summed E-state index contributed by atoms with van der Waals surface area (Å²) in [4.78, 5) is 4.41. The normalized spacial score (nSPS) is 11.0. The first-order valence-electron chi connectivity index (χ1n) is 8.46. The first kappa shape index (κ1) is 19.5. The van der Waals surface area contributed by atoms with Gasteiger partial charge in [0.15, 0.2) is 0 Å². The quantitative estimate of drug-likeness (QED) is 0.625. The van der Waals surface area contributed by atoms with Crippen LogP contribution in [0.15, 0.2) is 65.7 Å². The van der Waals surface area contributed by atoms with Gasteiger partial charge >= 0.3 is 0 Å². The molecule has 1 aromatic heterocycles. The van der Waals surface area contributed by atoms with Gasteiger partial charge < -0.3 is 14.8 Å². The highest BCUT2D eigenvalue weighted by atomic mass is 32.2. The van der Waals surface area contributed by atoms with Crippen LogP contribution in [0.1, 0.15) is 5.56 Å². The van der Waals surface area contributed by atoms with Crippen LogP contribution in [0.3, 0.4) is 0 Å². The number of methoxy groups -OCH3 is 2. The topological polar surface area (TPSA) is 89.6 Å². The Labute approximate surface area is 164 Å². The summed E-state index contributed by atoms with van der Waals surface area (Å²) in [5.41, 5.74) is 2.08. The molecule has 3 aromatic rings. The average Bonchev–Trinajstić information content (AvgIpc) is 2.69. The third-order valence-electron chi connectivity index (χ3n) is 4.07. The molecule has 0 aliphatic heterocycles. The molecule has 0 atom stereocenters. The van der Waals surface area contributed by atoms with Crippen molar-refractivity contribution in [2.24, 2.45) is 0 Å². The molecule has 0 fully saturated rings. The lowest BCUT2D eigenvalue weighted by molar-refractivity contribution is 0.395. The van der Waals surface area contributed by atoms with Crippen molar-refractivity contribution >= 4 is 27.2 Å². The molecule has 28 heavy (non-hydrogen) atoms. The summed E-state index contributed by atoms with van der Waals surface area (Å²) < 4.78 is 38.1. The zero-order valence-electron chi connectivity index (χ0n) is 15.8. The van der Waals surface area contributed by atoms with E-state index in [4.69, 9.17) is 9.47 Å². The van der Waals surface area contributed by atoms with Crippen molar-refractivity contribution in [1.29, 1.82) is 0 Å². The molecule has 0 radical (unpaired) electrons. The summed E-state index contributed by atoms with van der Waals surface area (Å²) in [6, 6.07) is 15.5. The Hall–Kier alpha value is -3.26. The number of aryl methyl sites for hydroxylation is 1. The fourth-order valence-corrected chi connectivity index (χ4v) is 3.89. The van der Waals surface area contributed by atoms with E-state index in [0.717, 1.165) is 5.69 Å². The number of hydrogen-bond donors (Lipinski definition) is 2. The van der Waals surface area contributed by atoms with Crippen molar-refractivity contribution in [2.45, 2.75) is 11.8 Å². The van der Waals surface area contributed by atoms with Gasteiger partial charge in [-0.3, -0.25) is 4.72 Å². The Bertz CT molecular complexity index is 1070. The Balaban J connectivity index is 1.76. The Morgan fingerprint density at radius 3 is 2.39 bits per heavy atom. The van der Waals surface area contributed by atoms with Gasteiger partial charge in [-0.2, -0.15) is 0 Å². The number of nitrogens with one attached hydrogen (secondary N) is 2. The van der Waals surface area contributed by atoms with Crippen molar-refractivity contribution in [1.82, 2.24) is 4.98 Å². The smallest absolute Gasteiger partial charge is 0.263 e. The lowest BCUT2D eigenvalue weighted by atomic mass is 10.2. The second-order valence-electron chi connectivity index (χ2n) is 5.99. The standard InChI is InChI=1S/C20H21N3O4S/c1-14-6-4-5-7-19(14)28(24,25)23-20-11-8-15(13-21-20)22-17-10-9-16(26-2)12-18(17)27-3/h4-13,22H,1-3H3,(H,21,23). The Morgan fingerprint density at radius 1 is 0.964 bits per heavy atom. The van der Waals surface area contributed by atoms with Gasteiger partial charge in [0.05, 0.1) is 36.7 Å². The third kappa shape index (κ3) is 4.34. The van der Waals surface area contributed by atoms with Crippen molar-refractivity contribution in [3.63, 3.8) is 0 Å². The maximum atomic E-state index is 12.5. The molecule has 0 amide bonds. The summed E-state index contributed by atoms with van der Waals surface area (Å²) in [7, 11) is -0.544. The van der Waals surface area contributed by atoms with E-state index < -0.39 is 10.0 Å². The van der Waals surface area contributed by atoms with E-state index in [1.165, 1.54) is 0 Å². The minimum atomic E-state index is -3.70. The molecule has 7 nitrogen and oxygen atoms in total. The van der Waals surface area contributed by atoms with Gasteiger partial charge in [-0.05, 0) is 42.8 Å². The van der Waals surface area contributed by atoms with Gasteiger partial charge in [0.2, 0.25) is 0 Å². The molecular formula is C20H21N3O4S. The molecule has 0 aliphatic rings. The van der Waals surface area contributed by atoms with E-state index in [2.05, 4.69) is 15.0 Å². The summed E-state index contributed by atoms with van der Waals surface area (Å²) in [6.45, 7) is 1.75. The number of pyridine rings is 1. The number of aromatic nitrogens is 1. The minimum absolute atomic E-state index is 0.224. The Morgan fingerprint density at radius 2 is 1.75 bits per heavy atom. The lowest BCUT2D eigenvalue weighted by Crippen LogP contribution is -2.15.